The molecule has 0 saturated heterocycles. The normalized spacial score (nSPS) is 13.4. The SMILES string of the molecule is CS(=O)(=O)c1cccc(C(N)Cc2ncc[nH]2)c1. The standard InChI is InChI=1S/C12H15N3O2S/c1-18(16,17)10-4-2-3-9(7-10)11(13)8-12-14-5-6-15-12/h2-7,11H,8,13H2,1H3,(H,14,15). The van der Waals surface area contributed by atoms with E-state index < -0.39 is 9.84 Å². The largest absolute Gasteiger partial charge is 0.349 e. The number of aromatic nitrogens is 2. The summed E-state index contributed by atoms with van der Waals surface area (Å²) in [5.41, 5.74) is 6.83. The zero-order valence-corrected chi connectivity index (χ0v) is 10.8. The number of nitrogens with two attached hydrogens (primary N) is 1. The molecule has 2 aromatic rings. The molecule has 2 rings (SSSR count). The van der Waals surface area contributed by atoms with Crippen LogP contribution in [0, 0.1) is 0 Å². The number of H-pyrrole nitrogens is 1. The van der Waals surface area contributed by atoms with Gasteiger partial charge in [-0.2, -0.15) is 0 Å². The van der Waals surface area contributed by atoms with Crippen molar-refractivity contribution in [3.63, 3.8) is 0 Å². The lowest BCUT2D eigenvalue weighted by Gasteiger charge is -2.11. The van der Waals surface area contributed by atoms with E-state index >= 15 is 0 Å². The first kappa shape index (κ1) is 12.8. The summed E-state index contributed by atoms with van der Waals surface area (Å²) in [6.45, 7) is 0. The van der Waals surface area contributed by atoms with Crippen molar-refractivity contribution in [2.75, 3.05) is 6.26 Å². The van der Waals surface area contributed by atoms with E-state index in [1.54, 1.807) is 30.6 Å². The van der Waals surface area contributed by atoms with Gasteiger partial charge in [-0.05, 0) is 17.7 Å². The Hall–Kier alpha value is -1.66. The predicted octanol–water partition coefficient (Wildman–Crippen LogP) is 1.06. The maximum absolute atomic E-state index is 11.5. The van der Waals surface area contributed by atoms with Crippen LogP contribution in [-0.2, 0) is 16.3 Å². The zero-order valence-electron chi connectivity index (χ0n) is 10.00. The number of aromatic amines is 1. The lowest BCUT2D eigenvalue weighted by molar-refractivity contribution is 0.601. The molecule has 0 amide bonds. The van der Waals surface area contributed by atoms with Crippen molar-refractivity contribution in [1.82, 2.24) is 9.97 Å². The van der Waals surface area contributed by atoms with E-state index in [9.17, 15) is 8.42 Å². The Kier molecular flexibility index (Phi) is 3.49. The molecule has 96 valence electrons. The second-order valence-corrected chi connectivity index (χ2v) is 6.21. The summed E-state index contributed by atoms with van der Waals surface area (Å²) >= 11 is 0. The van der Waals surface area contributed by atoms with Crippen LogP contribution < -0.4 is 5.73 Å². The monoisotopic (exact) mass is 265 g/mol. The second-order valence-electron chi connectivity index (χ2n) is 4.19. The Labute approximate surface area is 106 Å². The Bertz CT molecular complexity index is 621. The molecule has 1 heterocycles. The molecular weight excluding hydrogens is 250 g/mol. The number of hydrogen-bond acceptors (Lipinski definition) is 4. The Morgan fingerprint density at radius 3 is 2.83 bits per heavy atom. The third kappa shape index (κ3) is 2.96. The highest BCUT2D eigenvalue weighted by atomic mass is 32.2. The summed E-state index contributed by atoms with van der Waals surface area (Å²) in [6, 6.07) is 6.43. The van der Waals surface area contributed by atoms with Crippen LogP contribution in [0.15, 0.2) is 41.6 Å². The van der Waals surface area contributed by atoms with E-state index in [0.717, 1.165) is 11.4 Å². The summed E-state index contributed by atoms with van der Waals surface area (Å²) in [7, 11) is -3.20. The zero-order chi connectivity index (χ0) is 13.2. The van der Waals surface area contributed by atoms with Crippen molar-refractivity contribution in [1.29, 1.82) is 0 Å². The first-order chi connectivity index (χ1) is 8.47. The molecular formula is C12H15N3O2S. The van der Waals surface area contributed by atoms with Crippen molar-refractivity contribution >= 4 is 9.84 Å². The Balaban J connectivity index is 2.23. The number of rotatable bonds is 4. The molecule has 1 aromatic carbocycles. The van der Waals surface area contributed by atoms with Gasteiger partial charge in [0, 0.05) is 31.1 Å². The fourth-order valence-electron chi connectivity index (χ4n) is 1.71. The van der Waals surface area contributed by atoms with Gasteiger partial charge < -0.3 is 10.7 Å². The molecule has 1 aromatic heterocycles. The molecule has 1 unspecified atom stereocenters. The van der Waals surface area contributed by atoms with Crippen molar-refractivity contribution in [2.45, 2.75) is 17.4 Å². The quantitative estimate of drug-likeness (QED) is 0.865. The molecule has 3 N–H and O–H groups in total. The van der Waals surface area contributed by atoms with E-state index in [-0.39, 0.29) is 10.9 Å². The third-order valence-corrected chi connectivity index (χ3v) is 3.79. The average Bonchev–Trinajstić information content (AvgIpc) is 2.81. The number of benzene rings is 1. The average molecular weight is 265 g/mol. The molecule has 0 radical (unpaired) electrons. The van der Waals surface area contributed by atoms with E-state index in [1.807, 2.05) is 6.07 Å². The van der Waals surface area contributed by atoms with Crippen LogP contribution in [0.25, 0.3) is 0 Å². The maximum Gasteiger partial charge on any atom is 0.175 e. The van der Waals surface area contributed by atoms with Gasteiger partial charge in [-0.15, -0.1) is 0 Å². The van der Waals surface area contributed by atoms with E-state index in [0.29, 0.717) is 6.42 Å². The molecule has 0 fully saturated rings. The van der Waals surface area contributed by atoms with Gasteiger partial charge in [-0.25, -0.2) is 13.4 Å². The fraction of sp³-hybridized carbons (Fsp3) is 0.250. The molecule has 0 saturated carbocycles. The number of imidazole rings is 1. The molecule has 0 aliphatic rings. The highest BCUT2D eigenvalue weighted by Crippen LogP contribution is 2.18. The van der Waals surface area contributed by atoms with E-state index in [2.05, 4.69) is 9.97 Å². The number of nitrogens with zero attached hydrogens (tertiary/aromatic N) is 1. The molecule has 0 aliphatic carbocycles. The second kappa shape index (κ2) is 4.91. The van der Waals surface area contributed by atoms with Crippen LogP contribution in [-0.4, -0.2) is 24.6 Å². The van der Waals surface area contributed by atoms with Crippen molar-refractivity contribution in [3.05, 3.63) is 48.0 Å². The molecule has 0 aliphatic heterocycles. The first-order valence-electron chi connectivity index (χ1n) is 5.50. The van der Waals surface area contributed by atoms with Gasteiger partial charge in [0.05, 0.1) is 4.90 Å². The van der Waals surface area contributed by atoms with Gasteiger partial charge in [0.25, 0.3) is 0 Å². The predicted molar refractivity (Wildman–Crippen MR) is 68.8 cm³/mol. The Morgan fingerprint density at radius 1 is 1.44 bits per heavy atom. The summed E-state index contributed by atoms with van der Waals surface area (Å²) < 4.78 is 22.9. The lowest BCUT2D eigenvalue weighted by atomic mass is 10.0. The lowest BCUT2D eigenvalue weighted by Crippen LogP contribution is -2.14. The summed E-state index contributed by atoms with van der Waals surface area (Å²) in [5.74, 6) is 0.784. The number of nitrogens with one attached hydrogen (secondary N) is 1. The summed E-state index contributed by atoms with van der Waals surface area (Å²) in [6.07, 6.45) is 5.12. The van der Waals surface area contributed by atoms with Crippen LogP contribution in [0.3, 0.4) is 0 Å². The third-order valence-electron chi connectivity index (χ3n) is 2.68. The Morgan fingerprint density at radius 2 is 2.22 bits per heavy atom. The maximum atomic E-state index is 11.5. The van der Waals surface area contributed by atoms with Crippen LogP contribution in [0.2, 0.25) is 0 Å². The summed E-state index contributed by atoms with van der Waals surface area (Å²) in [5, 5.41) is 0. The number of hydrogen-bond donors (Lipinski definition) is 2. The molecule has 1 atom stereocenters. The molecule has 6 heteroatoms. The molecule has 0 spiro atoms. The smallest absolute Gasteiger partial charge is 0.175 e. The topological polar surface area (TPSA) is 88.8 Å². The van der Waals surface area contributed by atoms with Gasteiger partial charge in [-0.3, -0.25) is 0 Å². The van der Waals surface area contributed by atoms with Crippen molar-refractivity contribution < 1.29 is 8.42 Å². The van der Waals surface area contributed by atoms with Gasteiger partial charge in [0.1, 0.15) is 5.82 Å². The molecule has 18 heavy (non-hydrogen) atoms. The first-order valence-corrected chi connectivity index (χ1v) is 7.40. The minimum absolute atomic E-state index is 0.280. The van der Waals surface area contributed by atoms with Gasteiger partial charge in [-0.1, -0.05) is 12.1 Å². The number of sulfone groups is 1. The summed E-state index contributed by atoms with van der Waals surface area (Å²) in [4.78, 5) is 7.36. The highest BCUT2D eigenvalue weighted by molar-refractivity contribution is 7.90. The van der Waals surface area contributed by atoms with E-state index in [1.165, 1.54) is 6.26 Å². The highest BCUT2D eigenvalue weighted by Gasteiger charge is 2.12. The van der Waals surface area contributed by atoms with Crippen LogP contribution in [0.5, 0.6) is 0 Å². The molecule has 5 nitrogen and oxygen atoms in total. The van der Waals surface area contributed by atoms with Crippen LogP contribution >= 0.6 is 0 Å². The van der Waals surface area contributed by atoms with Gasteiger partial charge in [0.2, 0.25) is 0 Å². The van der Waals surface area contributed by atoms with Crippen LogP contribution in [0.1, 0.15) is 17.4 Å². The van der Waals surface area contributed by atoms with Crippen molar-refractivity contribution in [2.24, 2.45) is 5.73 Å². The minimum Gasteiger partial charge on any atom is -0.349 e. The van der Waals surface area contributed by atoms with Crippen molar-refractivity contribution in [3.8, 4) is 0 Å². The van der Waals surface area contributed by atoms with Gasteiger partial charge in [0.15, 0.2) is 9.84 Å². The minimum atomic E-state index is -3.20. The van der Waals surface area contributed by atoms with E-state index in [4.69, 9.17) is 5.73 Å². The van der Waals surface area contributed by atoms with Crippen LogP contribution in [0.4, 0.5) is 0 Å². The molecule has 0 bridgehead atoms. The fourth-order valence-corrected chi connectivity index (χ4v) is 2.39. The van der Waals surface area contributed by atoms with Gasteiger partial charge >= 0.3 is 0 Å².